The lowest BCUT2D eigenvalue weighted by atomic mass is 9.68. The Balaban J connectivity index is 1.90. The second-order valence-corrected chi connectivity index (χ2v) is 14.3. The zero-order valence-electron chi connectivity index (χ0n) is 21.4. The summed E-state index contributed by atoms with van der Waals surface area (Å²) < 4.78 is 80.1. The Hall–Kier alpha value is -2.12. The highest BCUT2D eigenvalue weighted by Crippen LogP contribution is 2.44. The fourth-order valence-electron chi connectivity index (χ4n) is 4.97. The van der Waals surface area contributed by atoms with E-state index in [9.17, 15) is 35.5 Å². The maximum Gasteiger partial charge on any atom is 0.255 e. The Labute approximate surface area is 226 Å². The summed E-state index contributed by atoms with van der Waals surface area (Å²) in [7, 11) is -7.66. The molecule has 1 unspecified atom stereocenters. The standard InChI is InChI=1S/C25H31ClF2N2O6S2/c1-5-17-11-18(9-15(3)25(17,32)13-29-37(4,33)34)38(35,36)23-10-16(6-7-19(23)26)24(31)30-22-12-21(28)20(27)8-14(22)2/h6-8,10,12,15,17-18,29,32H,5,9,11,13H2,1-4H3,(H,30,31)/t15-,17?,18-,25-/m0/s1. The van der Waals surface area contributed by atoms with Gasteiger partial charge in [0.1, 0.15) is 0 Å². The third-order valence-corrected chi connectivity index (χ3v) is 10.6. The van der Waals surface area contributed by atoms with E-state index in [1.54, 1.807) is 13.8 Å². The molecule has 1 saturated carbocycles. The number of carbonyl (C=O) groups is 1. The Morgan fingerprint density at radius 2 is 1.76 bits per heavy atom. The molecule has 0 saturated heterocycles. The van der Waals surface area contributed by atoms with E-state index in [1.165, 1.54) is 19.1 Å². The second-order valence-electron chi connectivity index (χ2n) is 9.91. The number of nitrogens with one attached hydrogen (secondary N) is 2. The fourth-order valence-corrected chi connectivity index (χ4v) is 7.93. The summed E-state index contributed by atoms with van der Waals surface area (Å²) >= 11 is 6.26. The minimum Gasteiger partial charge on any atom is -0.388 e. The van der Waals surface area contributed by atoms with Crippen LogP contribution in [0.5, 0.6) is 0 Å². The van der Waals surface area contributed by atoms with E-state index >= 15 is 0 Å². The number of aryl methyl sites for hydroxylation is 1. The van der Waals surface area contributed by atoms with Crippen LogP contribution in [-0.2, 0) is 19.9 Å². The van der Waals surface area contributed by atoms with Gasteiger partial charge in [0.2, 0.25) is 10.0 Å². The highest BCUT2D eigenvalue weighted by atomic mass is 35.5. The Morgan fingerprint density at radius 3 is 2.37 bits per heavy atom. The van der Waals surface area contributed by atoms with E-state index in [2.05, 4.69) is 10.0 Å². The first-order chi connectivity index (χ1) is 17.5. The summed E-state index contributed by atoms with van der Waals surface area (Å²) in [6, 6.07) is 5.50. The topological polar surface area (TPSA) is 130 Å². The van der Waals surface area contributed by atoms with E-state index in [0.29, 0.717) is 6.42 Å². The number of amides is 1. The summed E-state index contributed by atoms with van der Waals surface area (Å²) in [5.41, 5.74) is -1.19. The summed E-state index contributed by atoms with van der Waals surface area (Å²) in [6.07, 6.45) is 1.49. The molecule has 0 spiro atoms. The van der Waals surface area contributed by atoms with Crippen molar-refractivity contribution in [1.29, 1.82) is 0 Å². The molecule has 3 rings (SSSR count). The first kappa shape index (κ1) is 30.4. The van der Waals surface area contributed by atoms with Crippen molar-refractivity contribution in [3.8, 4) is 0 Å². The maximum absolute atomic E-state index is 13.7. The highest BCUT2D eigenvalue weighted by Gasteiger charge is 2.50. The van der Waals surface area contributed by atoms with Crippen molar-refractivity contribution in [2.24, 2.45) is 11.8 Å². The van der Waals surface area contributed by atoms with Crippen molar-refractivity contribution < 1.29 is 35.5 Å². The number of benzene rings is 2. The lowest BCUT2D eigenvalue weighted by molar-refractivity contribution is -0.0831. The molecule has 3 N–H and O–H groups in total. The molecule has 4 atom stereocenters. The van der Waals surface area contributed by atoms with Crippen molar-refractivity contribution in [2.45, 2.75) is 55.8 Å². The van der Waals surface area contributed by atoms with Gasteiger partial charge in [0.15, 0.2) is 21.5 Å². The number of sulfone groups is 1. The number of rotatable bonds is 8. The van der Waals surface area contributed by atoms with Gasteiger partial charge < -0.3 is 10.4 Å². The number of hydrogen-bond donors (Lipinski definition) is 3. The smallest absolute Gasteiger partial charge is 0.255 e. The van der Waals surface area contributed by atoms with E-state index in [-0.39, 0.29) is 46.1 Å². The number of anilines is 1. The van der Waals surface area contributed by atoms with Crippen molar-refractivity contribution in [2.75, 3.05) is 18.1 Å². The van der Waals surface area contributed by atoms with Gasteiger partial charge >= 0.3 is 0 Å². The van der Waals surface area contributed by atoms with Crippen LogP contribution in [0.15, 0.2) is 35.2 Å². The molecule has 0 heterocycles. The molecule has 0 bridgehead atoms. The SMILES string of the molecule is CCC1C[C@@H](S(=O)(=O)c2cc(C(=O)Nc3cc(F)c(F)cc3C)ccc2Cl)C[C@H](C)[C@@]1(O)CNS(C)(=O)=O. The zero-order valence-corrected chi connectivity index (χ0v) is 23.8. The van der Waals surface area contributed by atoms with Gasteiger partial charge in [0, 0.05) is 23.9 Å². The van der Waals surface area contributed by atoms with E-state index < -0.39 is 60.1 Å². The van der Waals surface area contributed by atoms with Crippen LogP contribution in [0, 0.1) is 30.4 Å². The molecule has 1 fully saturated rings. The van der Waals surface area contributed by atoms with Crippen LogP contribution >= 0.6 is 11.6 Å². The first-order valence-corrected chi connectivity index (χ1v) is 15.8. The number of halogens is 3. The van der Waals surface area contributed by atoms with Crippen LogP contribution in [0.25, 0.3) is 0 Å². The number of sulfonamides is 1. The van der Waals surface area contributed by atoms with Gasteiger partial charge in [-0.3, -0.25) is 4.79 Å². The second kappa shape index (κ2) is 11.2. The molecular weight excluding hydrogens is 562 g/mol. The van der Waals surface area contributed by atoms with Crippen LogP contribution in [0.2, 0.25) is 5.02 Å². The predicted molar refractivity (Wildman–Crippen MR) is 141 cm³/mol. The number of hydrogen-bond acceptors (Lipinski definition) is 6. The first-order valence-electron chi connectivity index (χ1n) is 12.0. The van der Waals surface area contributed by atoms with E-state index in [4.69, 9.17) is 11.6 Å². The third-order valence-electron chi connectivity index (χ3n) is 7.29. The molecule has 0 aliphatic heterocycles. The number of carbonyl (C=O) groups excluding carboxylic acids is 1. The Morgan fingerprint density at radius 1 is 1.13 bits per heavy atom. The molecule has 38 heavy (non-hydrogen) atoms. The Kier molecular flexibility index (Phi) is 8.94. The molecule has 2 aromatic rings. The average Bonchev–Trinajstić information content (AvgIpc) is 2.82. The largest absolute Gasteiger partial charge is 0.388 e. The van der Waals surface area contributed by atoms with Gasteiger partial charge in [-0.25, -0.2) is 30.3 Å². The van der Waals surface area contributed by atoms with Crippen LogP contribution in [0.3, 0.4) is 0 Å². The minimum absolute atomic E-state index is 0.0298. The van der Waals surface area contributed by atoms with Gasteiger partial charge in [-0.1, -0.05) is 31.9 Å². The van der Waals surface area contributed by atoms with Crippen LogP contribution in [0.1, 0.15) is 49.0 Å². The summed E-state index contributed by atoms with van der Waals surface area (Å²) in [5.74, 6) is -4.05. The summed E-state index contributed by atoms with van der Waals surface area (Å²) in [6.45, 7) is 4.70. The summed E-state index contributed by atoms with van der Waals surface area (Å²) in [4.78, 5) is 12.6. The van der Waals surface area contributed by atoms with Crippen LogP contribution < -0.4 is 10.0 Å². The molecule has 1 aliphatic rings. The van der Waals surface area contributed by atoms with Gasteiger partial charge in [0.05, 0.1) is 27.0 Å². The van der Waals surface area contributed by atoms with Gasteiger partial charge in [-0.05, 0) is 61.4 Å². The molecule has 1 amide bonds. The molecule has 0 radical (unpaired) electrons. The van der Waals surface area contributed by atoms with Crippen LogP contribution in [0.4, 0.5) is 14.5 Å². The Bertz CT molecular complexity index is 1450. The molecule has 13 heteroatoms. The lowest BCUT2D eigenvalue weighted by Crippen LogP contribution is -2.57. The maximum atomic E-state index is 13.7. The molecular formula is C25H31ClF2N2O6S2. The minimum atomic E-state index is -4.08. The molecule has 2 aromatic carbocycles. The average molecular weight is 593 g/mol. The number of aliphatic hydroxyl groups is 1. The molecule has 1 aliphatic carbocycles. The lowest BCUT2D eigenvalue weighted by Gasteiger charge is -2.47. The monoisotopic (exact) mass is 592 g/mol. The van der Waals surface area contributed by atoms with Crippen molar-refractivity contribution in [3.63, 3.8) is 0 Å². The zero-order chi connectivity index (χ0) is 28.6. The van der Waals surface area contributed by atoms with E-state index in [0.717, 1.165) is 24.5 Å². The van der Waals surface area contributed by atoms with Gasteiger partial charge in [-0.2, -0.15) is 0 Å². The van der Waals surface area contributed by atoms with Crippen molar-refractivity contribution >= 4 is 43.1 Å². The molecule has 210 valence electrons. The normalized spacial score (nSPS) is 24.3. The van der Waals surface area contributed by atoms with E-state index in [1.807, 2.05) is 0 Å². The quantitative estimate of drug-likeness (QED) is 0.424. The fraction of sp³-hybridized carbons (Fsp3) is 0.480. The van der Waals surface area contributed by atoms with Crippen molar-refractivity contribution in [3.05, 3.63) is 58.1 Å². The molecule has 0 aromatic heterocycles. The predicted octanol–water partition coefficient (Wildman–Crippen LogP) is 4.06. The molecule has 8 nitrogen and oxygen atoms in total. The van der Waals surface area contributed by atoms with Crippen molar-refractivity contribution in [1.82, 2.24) is 4.72 Å². The van der Waals surface area contributed by atoms with Gasteiger partial charge in [0.25, 0.3) is 5.91 Å². The van der Waals surface area contributed by atoms with Crippen LogP contribution in [-0.4, -0.2) is 51.5 Å². The van der Waals surface area contributed by atoms with Gasteiger partial charge in [-0.15, -0.1) is 0 Å². The third kappa shape index (κ3) is 6.36. The highest BCUT2D eigenvalue weighted by molar-refractivity contribution is 7.92. The summed E-state index contributed by atoms with van der Waals surface area (Å²) in [5, 5.41) is 12.8.